The van der Waals surface area contributed by atoms with Gasteiger partial charge < -0.3 is 10.1 Å². The van der Waals surface area contributed by atoms with E-state index in [2.05, 4.69) is 27.5 Å². The average Bonchev–Trinajstić information content (AvgIpc) is 3.08. The van der Waals surface area contributed by atoms with Gasteiger partial charge in [0.05, 0.1) is 17.7 Å². The lowest BCUT2D eigenvalue weighted by Gasteiger charge is -2.39. The molecule has 2 aliphatic rings. The predicted octanol–water partition coefficient (Wildman–Crippen LogP) is 1.53. The normalized spacial score (nSPS) is 29.3. The molecule has 5 heteroatoms. The number of hydrogen-bond donors (Lipinski definition) is 1. The first-order valence-corrected chi connectivity index (χ1v) is 8.22. The highest BCUT2D eigenvalue weighted by Crippen LogP contribution is 2.24. The summed E-state index contributed by atoms with van der Waals surface area (Å²) in [6.07, 6.45) is 5.82. The Labute approximate surface area is 119 Å². The molecule has 106 valence electrons. The van der Waals surface area contributed by atoms with E-state index in [1.54, 1.807) is 11.3 Å². The number of morpholine rings is 1. The molecular formula is C14H23N3OS. The van der Waals surface area contributed by atoms with Gasteiger partial charge in [-0.2, -0.15) is 0 Å². The van der Waals surface area contributed by atoms with Crippen molar-refractivity contribution in [3.63, 3.8) is 0 Å². The molecule has 1 N–H and O–H groups in total. The minimum Gasteiger partial charge on any atom is -0.374 e. The number of hydrogen-bond acceptors (Lipinski definition) is 5. The molecule has 0 bridgehead atoms. The summed E-state index contributed by atoms with van der Waals surface area (Å²) in [7, 11) is 0. The fourth-order valence-corrected chi connectivity index (χ4v) is 3.90. The van der Waals surface area contributed by atoms with Crippen molar-refractivity contribution in [2.45, 2.75) is 44.4 Å². The van der Waals surface area contributed by atoms with Crippen molar-refractivity contribution in [1.29, 1.82) is 0 Å². The van der Waals surface area contributed by atoms with Gasteiger partial charge in [-0.25, -0.2) is 4.98 Å². The lowest BCUT2D eigenvalue weighted by molar-refractivity contribution is -0.0641. The van der Waals surface area contributed by atoms with Crippen LogP contribution in [-0.4, -0.2) is 54.3 Å². The van der Waals surface area contributed by atoms with E-state index in [1.165, 1.54) is 24.4 Å². The van der Waals surface area contributed by atoms with Crippen LogP contribution in [0.1, 0.15) is 24.8 Å². The lowest BCUT2D eigenvalue weighted by atomic mass is 10.0. The number of nitrogens with one attached hydrogen (secondary N) is 1. The second kappa shape index (κ2) is 6.31. The van der Waals surface area contributed by atoms with E-state index >= 15 is 0 Å². The van der Waals surface area contributed by atoms with Crippen LogP contribution in [0.5, 0.6) is 0 Å². The van der Waals surface area contributed by atoms with Crippen molar-refractivity contribution in [1.82, 2.24) is 15.2 Å². The van der Waals surface area contributed by atoms with Gasteiger partial charge in [0.1, 0.15) is 0 Å². The molecule has 0 amide bonds. The quantitative estimate of drug-likeness (QED) is 0.888. The van der Waals surface area contributed by atoms with Gasteiger partial charge in [-0.15, -0.1) is 11.3 Å². The van der Waals surface area contributed by atoms with Crippen molar-refractivity contribution in [3.05, 3.63) is 16.6 Å². The summed E-state index contributed by atoms with van der Waals surface area (Å²) in [4.78, 5) is 7.02. The highest BCUT2D eigenvalue weighted by atomic mass is 32.1. The SMILES string of the molecule is CCNC(Cc1nccs1)C1CN2CCCC2CO1. The molecule has 3 rings (SSSR count). The van der Waals surface area contributed by atoms with Crippen LogP contribution in [-0.2, 0) is 11.2 Å². The van der Waals surface area contributed by atoms with E-state index in [9.17, 15) is 0 Å². The third-order valence-electron chi connectivity index (χ3n) is 4.21. The number of ether oxygens (including phenoxy) is 1. The van der Waals surface area contributed by atoms with E-state index in [-0.39, 0.29) is 0 Å². The molecule has 3 atom stereocenters. The number of likely N-dealkylation sites (N-methyl/N-ethyl adjacent to an activating group) is 1. The molecule has 0 spiro atoms. The third-order valence-corrected chi connectivity index (χ3v) is 5.01. The van der Waals surface area contributed by atoms with Gasteiger partial charge in [0.25, 0.3) is 0 Å². The average molecular weight is 281 g/mol. The molecule has 19 heavy (non-hydrogen) atoms. The second-order valence-electron chi connectivity index (χ2n) is 5.46. The largest absolute Gasteiger partial charge is 0.374 e. The van der Waals surface area contributed by atoms with Crippen LogP contribution in [0.2, 0.25) is 0 Å². The predicted molar refractivity (Wildman–Crippen MR) is 77.6 cm³/mol. The summed E-state index contributed by atoms with van der Waals surface area (Å²) in [5, 5.41) is 6.84. The Kier molecular flexibility index (Phi) is 4.48. The molecule has 0 aromatic carbocycles. The summed E-state index contributed by atoms with van der Waals surface area (Å²) in [6, 6.07) is 1.07. The van der Waals surface area contributed by atoms with Gasteiger partial charge >= 0.3 is 0 Å². The van der Waals surface area contributed by atoms with Crippen LogP contribution in [0.15, 0.2) is 11.6 Å². The maximum Gasteiger partial charge on any atom is 0.0941 e. The second-order valence-corrected chi connectivity index (χ2v) is 6.44. The first-order valence-electron chi connectivity index (χ1n) is 7.34. The maximum absolute atomic E-state index is 6.13. The molecule has 0 radical (unpaired) electrons. The Hall–Kier alpha value is -0.490. The van der Waals surface area contributed by atoms with Crippen LogP contribution < -0.4 is 5.32 Å². The Bertz CT molecular complexity index is 384. The van der Waals surface area contributed by atoms with Crippen molar-refractivity contribution >= 4 is 11.3 Å². The van der Waals surface area contributed by atoms with Crippen molar-refractivity contribution in [2.75, 3.05) is 26.2 Å². The first-order chi connectivity index (χ1) is 9.36. The molecule has 3 unspecified atom stereocenters. The molecule has 2 saturated heterocycles. The number of rotatable bonds is 5. The minimum absolute atomic E-state index is 0.304. The fourth-order valence-electron chi connectivity index (χ4n) is 3.23. The van der Waals surface area contributed by atoms with Gasteiger partial charge in [-0.05, 0) is 25.9 Å². The molecular weight excluding hydrogens is 258 g/mol. The van der Waals surface area contributed by atoms with Gasteiger partial charge in [0.2, 0.25) is 0 Å². The van der Waals surface area contributed by atoms with E-state index in [0.29, 0.717) is 18.2 Å². The first kappa shape index (κ1) is 13.5. The molecule has 2 fully saturated rings. The third kappa shape index (κ3) is 3.16. The van der Waals surface area contributed by atoms with Gasteiger partial charge in [0.15, 0.2) is 0 Å². The smallest absolute Gasteiger partial charge is 0.0941 e. The number of thiazole rings is 1. The van der Waals surface area contributed by atoms with E-state index < -0.39 is 0 Å². The van der Waals surface area contributed by atoms with Crippen LogP contribution in [0.3, 0.4) is 0 Å². The zero-order chi connectivity index (χ0) is 13.1. The summed E-state index contributed by atoms with van der Waals surface area (Å²) in [5.41, 5.74) is 0. The van der Waals surface area contributed by atoms with Crippen LogP contribution in [0.25, 0.3) is 0 Å². The molecule has 3 heterocycles. The van der Waals surface area contributed by atoms with Crippen molar-refractivity contribution in [2.24, 2.45) is 0 Å². The zero-order valence-corrected chi connectivity index (χ0v) is 12.4. The van der Waals surface area contributed by atoms with Gasteiger partial charge in [0, 0.05) is 36.6 Å². The molecule has 0 saturated carbocycles. The Morgan fingerprint density at radius 2 is 2.58 bits per heavy atom. The van der Waals surface area contributed by atoms with E-state index in [4.69, 9.17) is 4.74 Å². The van der Waals surface area contributed by atoms with Gasteiger partial charge in [-0.1, -0.05) is 6.92 Å². The monoisotopic (exact) mass is 281 g/mol. The Balaban J connectivity index is 1.62. The van der Waals surface area contributed by atoms with E-state index in [0.717, 1.165) is 26.1 Å². The van der Waals surface area contributed by atoms with Crippen molar-refractivity contribution < 1.29 is 4.74 Å². The summed E-state index contributed by atoms with van der Waals surface area (Å²) in [5.74, 6) is 0. The zero-order valence-electron chi connectivity index (χ0n) is 11.5. The van der Waals surface area contributed by atoms with Gasteiger partial charge in [-0.3, -0.25) is 4.90 Å². The van der Waals surface area contributed by atoms with Crippen LogP contribution >= 0.6 is 11.3 Å². The number of fused-ring (bicyclic) bond motifs is 1. The summed E-state index contributed by atoms with van der Waals surface area (Å²) < 4.78 is 6.13. The van der Waals surface area contributed by atoms with Crippen LogP contribution in [0.4, 0.5) is 0 Å². The molecule has 1 aromatic rings. The lowest BCUT2D eigenvalue weighted by Crippen LogP contribution is -2.54. The minimum atomic E-state index is 0.304. The van der Waals surface area contributed by atoms with E-state index in [1.807, 2.05) is 6.20 Å². The Morgan fingerprint density at radius 1 is 1.63 bits per heavy atom. The number of aromatic nitrogens is 1. The fraction of sp³-hybridized carbons (Fsp3) is 0.786. The highest BCUT2D eigenvalue weighted by Gasteiger charge is 2.35. The van der Waals surface area contributed by atoms with Crippen LogP contribution in [0, 0.1) is 0 Å². The van der Waals surface area contributed by atoms with Crippen molar-refractivity contribution in [3.8, 4) is 0 Å². The molecule has 2 aliphatic heterocycles. The topological polar surface area (TPSA) is 37.4 Å². The summed E-state index contributed by atoms with van der Waals surface area (Å²) >= 11 is 1.74. The summed E-state index contributed by atoms with van der Waals surface area (Å²) in [6.45, 7) is 6.38. The standard InChI is InChI=1S/C14H23N3OS/c1-2-15-12(8-14-16-5-7-19-14)13-9-17-6-3-4-11(17)10-18-13/h5,7,11-13,15H,2-4,6,8-10H2,1H3. The Morgan fingerprint density at radius 3 is 3.37 bits per heavy atom. The molecule has 1 aromatic heterocycles. The number of nitrogens with zero attached hydrogens (tertiary/aromatic N) is 2. The highest BCUT2D eigenvalue weighted by molar-refractivity contribution is 7.09. The maximum atomic E-state index is 6.13. The molecule has 0 aliphatic carbocycles. The molecule has 4 nitrogen and oxygen atoms in total.